The van der Waals surface area contributed by atoms with Crippen LogP contribution in [0.15, 0.2) is 29.4 Å². The van der Waals surface area contributed by atoms with Gasteiger partial charge in [-0.2, -0.15) is 0 Å². The molecule has 3 N–H and O–H groups in total. The van der Waals surface area contributed by atoms with Crippen molar-refractivity contribution in [3.05, 3.63) is 35.4 Å². The van der Waals surface area contributed by atoms with Gasteiger partial charge in [0.1, 0.15) is 0 Å². The van der Waals surface area contributed by atoms with Crippen LogP contribution < -0.4 is 5.73 Å². The maximum absolute atomic E-state index is 11.6. The highest BCUT2D eigenvalue weighted by molar-refractivity contribution is 6.17. The average molecular weight is 257 g/mol. The second-order valence-corrected chi connectivity index (χ2v) is 3.62. The van der Waals surface area contributed by atoms with Crippen LogP contribution in [0, 0.1) is 0 Å². The number of amidine groups is 1. The van der Waals surface area contributed by atoms with E-state index < -0.39 is 5.97 Å². The van der Waals surface area contributed by atoms with Gasteiger partial charge < -0.3 is 15.7 Å². The molecular weight excluding hydrogens is 244 g/mol. The molecule has 0 unspecified atom stereocenters. The van der Waals surface area contributed by atoms with Crippen molar-refractivity contribution in [2.45, 2.75) is 6.42 Å². The predicted molar refractivity (Wildman–Crippen MR) is 64.6 cm³/mol. The molecule has 1 aromatic carbocycles. The van der Waals surface area contributed by atoms with E-state index in [1.54, 1.807) is 18.2 Å². The summed E-state index contributed by atoms with van der Waals surface area (Å²) in [4.78, 5) is 11.6. The van der Waals surface area contributed by atoms with Crippen LogP contribution in [0.4, 0.5) is 0 Å². The van der Waals surface area contributed by atoms with Crippen LogP contribution in [0.3, 0.4) is 0 Å². The fourth-order valence-electron chi connectivity index (χ4n) is 1.17. The third-order valence-electron chi connectivity index (χ3n) is 2.01. The second kappa shape index (κ2) is 6.75. The standard InChI is InChI=1S/C11H13ClN2O3/c12-5-2-6-17-11(15)9-4-1-3-8(7-9)10(13)14-16/h1,3-4,7,16H,2,5-6H2,(H2,13,14). The van der Waals surface area contributed by atoms with E-state index in [1.807, 2.05) is 0 Å². The first-order valence-corrected chi connectivity index (χ1v) is 5.53. The minimum Gasteiger partial charge on any atom is -0.462 e. The molecule has 0 atom stereocenters. The molecule has 0 radical (unpaired) electrons. The number of nitrogens with two attached hydrogens (primary N) is 1. The number of halogens is 1. The van der Waals surface area contributed by atoms with Crippen LogP contribution >= 0.6 is 11.6 Å². The lowest BCUT2D eigenvalue weighted by molar-refractivity contribution is 0.0506. The Balaban J connectivity index is 2.74. The molecule has 0 aromatic heterocycles. The minimum atomic E-state index is -0.456. The van der Waals surface area contributed by atoms with Gasteiger partial charge in [0.05, 0.1) is 12.2 Å². The van der Waals surface area contributed by atoms with Gasteiger partial charge in [-0.05, 0) is 18.6 Å². The Morgan fingerprint density at radius 3 is 2.82 bits per heavy atom. The Kier molecular flexibility index (Phi) is 5.29. The summed E-state index contributed by atoms with van der Waals surface area (Å²) in [5.74, 6) is -0.0691. The highest BCUT2D eigenvalue weighted by atomic mass is 35.5. The monoisotopic (exact) mass is 256 g/mol. The molecule has 0 aliphatic heterocycles. The van der Waals surface area contributed by atoms with Crippen LogP contribution in [0.5, 0.6) is 0 Å². The van der Waals surface area contributed by atoms with Crippen LogP contribution in [-0.2, 0) is 4.74 Å². The number of nitrogens with zero attached hydrogens (tertiary/aromatic N) is 1. The number of hydrogen-bond acceptors (Lipinski definition) is 4. The summed E-state index contributed by atoms with van der Waals surface area (Å²) in [6, 6.07) is 6.35. The van der Waals surface area contributed by atoms with Gasteiger partial charge in [-0.15, -0.1) is 11.6 Å². The van der Waals surface area contributed by atoms with E-state index in [4.69, 9.17) is 27.3 Å². The molecule has 1 aromatic rings. The molecule has 0 saturated heterocycles. The molecule has 0 saturated carbocycles. The van der Waals surface area contributed by atoms with Crippen LogP contribution in [-0.4, -0.2) is 29.5 Å². The van der Waals surface area contributed by atoms with E-state index in [0.29, 0.717) is 23.4 Å². The zero-order chi connectivity index (χ0) is 12.7. The lowest BCUT2D eigenvalue weighted by Crippen LogP contribution is -2.14. The minimum absolute atomic E-state index is 0.0552. The van der Waals surface area contributed by atoms with E-state index in [-0.39, 0.29) is 12.4 Å². The Morgan fingerprint density at radius 2 is 2.18 bits per heavy atom. The molecule has 1 rings (SSSR count). The number of carbonyl (C=O) groups excluding carboxylic acids is 1. The Bertz CT molecular complexity index is 421. The molecule has 0 amide bonds. The predicted octanol–water partition coefficient (Wildman–Crippen LogP) is 1.57. The molecule has 6 heteroatoms. The summed E-state index contributed by atoms with van der Waals surface area (Å²) in [5.41, 5.74) is 6.22. The number of benzene rings is 1. The molecule has 0 fully saturated rings. The molecular formula is C11H13ClN2O3. The molecule has 17 heavy (non-hydrogen) atoms. The normalized spacial score (nSPS) is 11.2. The van der Waals surface area contributed by atoms with Gasteiger partial charge in [0.25, 0.3) is 0 Å². The highest BCUT2D eigenvalue weighted by Gasteiger charge is 2.08. The van der Waals surface area contributed by atoms with Crippen molar-refractivity contribution in [3.63, 3.8) is 0 Å². The fraction of sp³-hybridized carbons (Fsp3) is 0.273. The summed E-state index contributed by atoms with van der Waals surface area (Å²) in [7, 11) is 0. The smallest absolute Gasteiger partial charge is 0.338 e. The van der Waals surface area contributed by atoms with E-state index >= 15 is 0 Å². The quantitative estimate of drug-likeness (QED) is 0.159. The zero-order valence-electron chi connectivity index (χ0n) is 9.10. The average Bonchev–Trinajstić information content (AvgIpc) is 2.38. The summed E-state index contributed by atoms with van der Waals surface area (Å²) < 4.78 is 4.97. The molecule has 0 heterocycles. The van der Waals surface area contributed by atoms with Crippen molar-refractivity contribution in [1.82, 2.24) is 0 Å². The topological polar surface area (TPSA) is 84.9 Å². The van der Waals surface area contributed by atoms with Crippen LogP contribution in [0.2, 0.25) is 0 Å². The molecule has 92 valence electrons. The Morgan fingerprint density at radius 1 is 1.47 bits per heavy atom. The van der Waals surface area contributed by atoms with Gasteiger partial charge in [-0.1, -0.05) is 17.3 Å². The Labute approximate surface area is 104 Å². The van der Waals surface area contributed by atoms with Crippen molar-refractivity contribution in [1.29, 1.82) is 0 Å². The van der Waals surface area contributed by atoms with E-state index in [2.05, 4.69) is 5.16 Å². The fourth-order valence-corrected chi connectivity index (χ4v) is 1.28. The first-order valence-electron chi connectivity index (χ1n) is 5.00. The number of esters is 1. The van der Waals surface area contributed by atoms with Gasteiger partial charge in [-0.25, -0.2) is 4.79 Å². The molecule has 0 aliphatic rings. The third-order valence-corrected chi connectivity index (χ3v) is 2.28. The highest BCUT2D eigenvalue weighted by Crippen LogP contribution is 2.07. The molecule has 5 nitrogen and oxygen atoms in total. The number of carbonyl (C=O) groups is 1. The van der Waals surface area contributed by atoms with Crippen LogP contribution in [0.1, 0.15) is 22.3 Å². The largest absolute Gasteiger partial charge is 0.462 e. The Hall–Kier alpha value is -1.75. The molecule has 0 spiro atoms. The SMILES string of the molecule is N/C(=N/O)c1cccc(C(=O)OCCCCl)c1. The van der Waals surface area contributed by atoms with Crippen molar-refractivity contribution < 1.29 is 14.7 Å². The van der Waals surface area contributed by atoms with Crippen LogP contribution in [0.25, 0.3) is 0 Å². The van der Waals surface area contributed by atoms with E-state index in [9.17, 15) is 4.79 Å². The number of ether oxygens (including phenoxy) is 1. The van der Waals surface area contributed by atoms with Gasteiger partial charge in [0, 0.05) is 11.4 Å². The van der Waals surface area contributed by atoms with Crippen molar-refractivity contribution in [2.24, 2.45) is 10.9 Å². The number of alkyl halides is 1. The van der Waals surface area contributed by atoms with E-state index in [1.165, 1.54) is 6.07 Å². The molecule has 0 aliphatic carbocycles. The summed E-state index contributed by atoms with van der Waals surface area (Å²) in [6.45, 7) is 0.274. The maximum Gasteiger partial charge on any atom is 0.338 e. The third kappa shape index (κ3) is 3.96. The van der Waals surface area contributed by atoms with Gasteiger partial charge in [-0.3, -0.25) is 0 Å². The summed E-state index contributed by atoms with van der Waals surface area (Å²) >= 11 is 5.47. The van der Waals surface area contributed by atoms with Crippen molar-refractivity contribution in [3.8, 4) is 0 Å². The van der Waals surface area contributed by atoms with Crippen molar-refractivity contribution >= 4 is 23.4 Å². The lowest BCUT2D eigenvalue weighted by atomic mass is 10.1. The summed E-state index contributed by atoms with van der Waals surface area (Å²) in [6.07, 6.45) is 0.604. The molecule has 0 bridgehead atoms. The van der Waals surface area contributed by atoms with Gasteiger partial charge in [0.2, 0.25) is 0 Å². The van der Waals surface area contributed by atoms with Crippen molar-refractivity contribution in [2.75, 3.05) is 12.5 Å². The number of hydrogen-bond donors (Lipinski definition) is 2. The second-order valence-electron chi connectivity index (χ2n) is 3.24. The lowest BCUT2D eigenvalue weighted by Gasteiger charge is -2.05. The van der Waals surface area contributed by atoms with Gasteiger partial charge in [0.15, 0.2) is 5.84 Å². The van der Waals surface area contributed by atoms with Gasteiger partial charge >= 0.3 is 5.97 Å². The van der Waals surface area contributed by atoms with E-state index in [0.717, 1.165) is 0 Å². The summed E-state index contributed by atoms with van der Waals surface area (Å²) in [5, 5.41) is 11.4. The first kappa shape index (κ1) is 13.3. The number of oxime groups is 1. The zero-order valence-corrected chi connectivity index (χ0v) is 9.85. The first-order chi connectivity index (χ1) is 8.19. The number of rotatable bonds is 5. The maximum atomic E-state index is 11.6.